The molecule has 174 valence electrons. The number of hydrogen-bond donors (Lipinski definition) is 1. The van der Waals surface area contributed by atoms with Crippen molar-refractivity contribution in [3.05, 3.63) is 47.5 Å². The number of rotatable bonds is 8. The second kappa shape index (κ2) is 9.65. The minimum atomic E-state index is -3.80. The third-order valence-electron chi connectivity index (χ3n) is 4.93. The van der Waals surface area contributed by atoms with Crippen LogP contribution in [0.25, 0.3) is 0 Å². The third-order valence-corrected chi connectivity index (χ3v) is 8.20. The van der Waals surface area contributed by atoms with E-state index in [2.05, 4.69) is 5.32 Å². The molecule has 0 aromatic heterocycles. The maximum absolute atomic E-state index is 12.9. The Kier molecular flexibility index (Phi) is 7.33. The van der Waals surface area contributed by atoms with Gasteiger partial charge in [0.1, 0.15) is 12.3 Å². The van der Waals surface area contributed by atoms with Crippen molar-refractivity contribution in [3.8, 4) is 5.75 Å². The standard InChI is InChI=1S/C20H24ClN3O6S2/c1-30-19-9-8-17(32(28,29)23-10-3-4-11-23)13-18(19)22-20(25)14-24(31(2,26)27)16-7-5-6-15(21)12-16/h5-9,12-13H,3-4,10-11,14H2,1-2H3,(H,22,25). The summed E-state index contributed by atoms with van der Waals surface area (Å²) in [6.45, 7) is 0.351. The van der Waals surface area contributed by atoms with Gasteiger partial charge in [0, 0.05) is 18.1 Å². The lowest BCUT2D eigenvalue weighted by molar-refractivity contribution is -0.114. The van der Waals surface area contributed by atoms with E-state index >= 15 is 0 Å². The van der Waals surface area contributed by atoms with Crippen molar-refractivity contribution in [2.45, 2.75) is 17.7 Å². The average Bonchev–Trinajstić information content (AvgIpc) is 3.27. The van der Waals surface area contributed by atoms with Gasteiger partial charge in [0.25, 0.3) is 0 Å². The Morgan fingerprint density at radius 1 is 1.12 bits per heavy atom. The first-order valence-electron chi connectivity index (χ1n) is 9.73. The fourth-order valence-electron chi connectivity index (χ4n) is 3.37. The van der Waals surface area contributed by atoms with Crippen LogP contribution in [-0.2, 0) is 24.8 Å². The molecule has 1 amide bonds. The van der Waals surface area contributed by atoms with Crippen molar-refractivity contribution in [1.82, 2.24) is 4.31 Å². The molecule has 3 rings (SSSR count). The summed E-state index contributed by atoms with van der Waals surface area (Å²) in [4.78, 5) is 12.8. The zero-order chi connectivity index (χ0) is 23.5. The molecule has 0 spiro atoms. The summed E-state index contributed by atoms with van der Waals surface area (Å²) in [7, 11) is -6.13. The van der Waals surface area contributed by atoms with Gasteiger partial charge in [-0.3, -0.25) is 9.10 Å². The molecule has 9 nitrogen and oxygen atoms in total. The maximum Gasteiger partial charge on any atom is 0.245 e. The Morgan fingerprint density at radius 3 is 2.41 bits per heavy atom. The smallest absolute Gasteiger partial charge is 0.245 e. The summed E-state index contributed by atoms with van der Waals surface area (Å²) < 4.78 is 57.8. The number of nitrogens with one attached hydrogen (secondary N) is 1. The van der Waals surface area contributed by atoms with E-state index in [1.807, 2.05) is 0 Å². The number of carbonyl (C=O) groups excluding carboxylic acids is 1. The number of halogens is 1. The van der Waals surface area contributed by atoms with Gasteiger partial charge in [0.2, 0.25) is 26.0 Å². The predicted molar refractivity (Wildman–Crippen MR) is 123 cm³/mol. The quantitative estimate of drug-likeness (QED) is 0.594. The average molecular weight is 502 g/mol. The number of sulfonamides is 2. The SMILES string of the molecule is COc1ccc(S(=O)(=O)N2CCCC2)cc1NC(=O)CN(c1cccc(Cl)c1)S(C)(=O)=O. The molecular weight excluding hydrogens is 478 g/mol. The largest absolute Gasteiger partial charge is 0.495 e. The van der Waals surface area contributed by atoms with Gasteiger partial charge in [-0.1, -0.05) is 17.7 Å². The van der Waals surface area contributed by atoms with Gasteiger partial charge in [-0.15, -0.1) is 0 Å². The first-order chi connectivity index (χ1) is 15.0. The van der Waals surface area contributed by atoms with Gasteiger partial charge < -0.3 is 10.1 Å². The van der Waals surface area contributed by atoms with Crippen LogP contribution in [0, 0.1) is 0 Å². The number of carbonyl (C=O) groups is 1. The van der Waals surface area contributed by atoms with Crippen LogP contribution < -0.4 is 14.4 Å². The summed E-state index contributed by atoms with van der Waals surface area (Å²) in [5.41, 5.74) is 0.352. The second-order valence-electron chi connectivity index (χ2n) is 7.27. The lowest BCUT2D eigenvalue weighted by atomic mass is 10.3. The molecule has 2 aromatic rings. The van der Waals surface area contributed by atoms with Gasteiger partial charge in [0.05, 0.1) is 29.6 Å². The molecule has 0 bridgehead atoms. The molecule has 1 heterocycles. The van der Waals surface area contributed by atoms with E-state index in [0.29, 0.717) is 18.1 Å². The predicted octanol–water partition coefficient (Wildman–Crippen LogP) is 2.54. The van der Waals surface area contributed by atoms with Crippen molar-refractivity contribution >= 4 is 48.9 Å². The van der Waals surface area contributed by atoms with E-state index in [1.165, 1.54) is 41.7 Å². The van der Waals surface area contributed by atoms with Crippen LogP contribution in [0.1, 0.15) is 12.8 Å². The lowest BCUT2D eigenvalue weighted by Gasteiger charge is -2.22. The summed E-state index contributed by atoms with van der Waals surface area (Å²) in [6, 6.07) is 10.3. The number of nitrogens with zero attached hydrogens (tertiary/aromatic N) is 2. The van der Waals surface area contributed by atoms with Gasteiger partial charge in [0.15, 0.2) is 0 Å². The van der Waals surface area contributed by atoms with Crippen molar-refractivity contribution < 1.29 is 26.4 Å². The number of anilines is 2. The highest BCUT2D eigenvalue weighted by Crippen LogP contribution is 2.30. The Balaban J connectivity index is 1.87. The zero-order valence-electron chi connectivity index (χ0n) is 17.6. The molecule has 12 heteroatoms. The molecular formula is C20H24ClN3O6S2. The van der Waals surface area contributed by atoms with E-state index in [9.17, 15) is 21.6 Å². The lowest BCUT2D eigenvalue weighted by Crippen LogP contribution is -2.37. The van der Waals surface area contributed by atoms with Crippen LogP contribution >= 0.6 is 11.6 Å². The fraction of sp³-hybridized carbons (Fsp3) is 0.350. The highest BCUT2D eigenvalue weighted by molar-refractivity contribution is 7.92. The van der Waals surface area contributed by atoms with E-state index in [4.69, 9.17) is 16.3 Å². The van der Waals surface area contributed by atoms with E-state index in [1.54, 1.807) is 12.1 Å². The molecule has 0 unspecified atom stereocenters. The number of hydrogen-bond acceptors (Lipinski definition) is 6. The van der Waals surface area contributed by atoms with Gasteiger partial charge in [-0.05, 0) is 49.2 Å². The molecule has 32 heavy (non-hydrogen) atoms. The Hall–Kier alpha value is -2.34. The van der Waals surface area contributed by atoms with Crippen LogP contribution in [0.2, 0.25) is 5.02 Å². The van der Waals surface area contributed by atoms with Crippen molar-refractivity contribution in [1.29, 1.82) is 0 Å². The van der Waals surface area contributed by atoms with Gasteiger partial charge in [-0.2, -0.15) is 4.31 Å². The molecule has 1 N–H and O–H groups in total. The molecule has 1 saturated heterocycles. The number of amides is 1. The maximum atomic E-state index is 12.9. The number of methoxy groups -OCH3 is 1. The Labute approximate surface area is 193 Å². The first-order valence-corrected chi connectivity index (χ1v) is 13.4. The third kappa shape index (κ3) is 5.52. The molecule has 2 aromatic carbocycles. The van der Waals surface area contributed by atoms with E-state index in [-0.39, 0.29) is 22.0 Å². The fourth-order valence-corrected chi connectivity index (χ4v) is 5.95. The number of benzene rings is 2. The van der Waals surface area contributed by atoms with E-state index < -0.39 is 32.5 Å². The molecule has 0 radical (unpaired) electrons. The first kappa shape index (κ1) is 24.3. The normalized spacial score (nSPS) is 14.8. The topological polar surface area (TPSA) is 113 Å². The molecule has 0 saturated carbocycles. The van der Waals surface area contributed by atoms with Crippen molar-refractivity contribution in [2.24, 2.45) is 0 Å². The van der Waals surface area contributed by atoms with E-state index in [0.717, 1.165) is 23.4 Å². The molecule has 1 fully saturated rings. The van der Waals surface area contributed by atoms with Gasteiger partial charge in [-0.25, -0.2) is 16.8 Å². The summed E-state index contributed by atoms with van der Waals surface area (Å²) in [5.74, 6) is -0.434. The molecule has 1 aliphatic heterocycles. The number of ether oxygens (including phenoxy) is 1. The van der Waals surface area contributed by atoms with Crippen molar-refractivity contribution in [2.75, 3.05) is 42.6 Å². The molecule has 1 aliphatic rings. The molecule has 0 atom stereocenters. The minimum Gasteiger partial charge on any atom is -0.495 e. The van der Waals surface area contributed by atoms with Gasteiger partial charge >= 0.3 is 0 Å². The van der Waals surface area contributed by atoms with Crippen LogP contribution in [-0.4, -0.2) is 60.0 Å². The van der Waals surface area contributed by atoms with Crippen molar-refractivity contribution in [3.63, 3.8) is 0 Å². The van der Waals surface area contributed by atoms with Crippen LogP contribution in [0.15, 0.2) is 47.4 Å². The molecule has 0 aliphatic carbocycles. The monoisotopic (exact) mass is 501 g/mol. The highest BCUT2D eigenvalue weighted by Gasteiger charge is 2.28. The van der Waals surface area contributed by atoms with Crippen LogP contribution in [0.3, 0.4) is 0 Å². The van der Waals surface area contributed by atoms with Crippen LogP contribution in [0.5, 0.6) is 5.75 Å². The zero-order valence-corrected chi connectivity index (χ0v) is 20.0. The Bertz CT molecular complexity index is 1210. The Morgan fingerprint density at radius 2 is 1.81 bits per heavy atom. The highest BCUT2D eigenvalue weighted by atomic mass is 35.5. The van der Waals surface area contributed by atoms with Crippen LogP contribution in [0.4, 0.5) is 11.4 Å². The summed E-state index contributed by atoms with van der Waals surface area (Å²) in [6.07, 6.45) is 2.57. The summed E-state index contributed by atoms with van der Waals surface area (Å²) >= 11 is 5.96. The minimum absolute atomic E-state index is 0.0188. The second-order valence-corrected chi connectivity index (χ2v) is 11.6. The summed E-state index contributed by atoms with van der Waals surface area (Å²) in [5, 5.41) is 2.88.